The van der Waals surface area contributed by atoms with Crippen molar-refractivity contribution in [1.82, 2.24) is 5.43 Å². The zero-order valence-electron chi connectivity index (χ0n) is 13.4. The second kappa shape index (κ2) is 11.1. The molecule has 1 N–H and O–H groups in total. The van der Waals surface area contributed by atoms with Crippen LogP contribution in [-0.2, 0) is 0 Å². The summed E-state index contributed by atoms with van der Waals surface area (Å²) in [5.74, 6) is -0.144. The SMILES string of the molecule is CCCCCCCCCC(C)=NNC(=O)c1ccccc1. The van der Waals surface area contributed by atoms with E-state index >= 15 is 0 Å². The number of benzene rings is 1. The lowest BCUT2D eigenvalue weighted by molar-refractivity contribution is 0.0954. The van der Waals surface area contributed by atoms with Crippen molar-refractivity contribution in [3.05, 3.63) is 35.9 Å². The van der Waals surface area contributed by atoms with Gasteiger partial charge in [0.15, 0.2) is 0 Å². The van der Waals surface area contributed by atoms with E-state index in [0.29, 0.717) is 5.56 Å². The first kappa shape index (κ1) is 17.4. The van der Waals surface area contributed by atoms with Crippen LogP contribution in [0.4, 0.5) is 0 Å². The Labute approximate surface area is 128 Å². The summed E-state index contributed by atoms with van der Waals surface area (Å²) >= 11 is 0. The first-order valence-electron chi connectivity index (χ1n) is 8.12. The Balaban J connectivity index is 2.14. The number of carbonyl (C=O) groups is 1. The third-order valence-electron chi connectivity index (χ3n) is 3.53. The number of hydrogen-bond acceptors (Lipinski definition) is 2. The van der Waals surface area contributed by atoms with E-state index in [1.807, 2.05) is 25.1 Å². The van der Waals surface area contributed by atoms with Gasteiger partial charge in [0.2, 0.25) is 0 Å². The highest BCUT2D eigenvalue weighted by Gasteiger charge is 2.02. The van der Waals surface area contributed by atoms with E-state index in [9.17, 15) is 4.79 Å². The molecule has 1 rings (SSSR count). The van der Waals surface area contributed by atoms with Gasteiger partial charge in [0.1, 0.15) is 0 Å². The highest BCUT2D eigenvalue weighted by Crippen LogP contribution is 2.08. The summed E-state index contributed by atoms with van der Waals surface area (Å²) in [7, 11) is 0. The highest BCUT2D eigenvalue weighted by atomic mass is 16.2. The Kier molecular flexibility index (Phi) is 9.18. The fourth-order valence-electron chi connectivity index (χ4n) is 2.19. The maximum absolute atomic E-state index is 11.8. The lowest BCUT2D eigenvalue weighted by Gasteiger charge is -2.03. The molecule has 1 aromatic carbocycles. The molecule has 21 heavy (non-hydrogen) atoms. The standard InChI is InChI=1S/C18H28N2O/c1-3-4-5-6-7-8-10-13-16(2)19-20-18(21)17-14-11-9-12-15-17/h9,11-12,14-15H,3-8,10,13H2,1-2H3,(H,20,21). The van der Waals surface area contributed by atoms with Crippen LogP contribution in [0.15, 0.2) is 35.4 Å². The summed E-state index contributed by atoms with van der Waals surface area (Å²) in [6.07, 6.45) is 10.0. The van der Waals surface area contributed by atoms with Gasteiger partial charge in [0.05, 0.1) is 0 Å². The summed E-state index contributed by atoms with van der Waals surface area (Å²) in [4.78, 5) is 11.8. The molecule has 0 heterocycles. The zero-order chi connectivity index (χ0) is 15.3. The summed E-state index contributed by atoms with van der Waals surface area (Å²) < 4.78 is 0. The molecule has 1 aromatic rings. The molecule has 0 aromatic heterocycles. The minimum atomic E-state index is -0.144. The smallest absolute Gasteiger partial charge is 0.267 e. The lowest BCUT2D eigenvalue weighted by Crippen LogP contribution is -2.18. The average Bonchev–Trinajstić information content (AvgIpc) is 2.52. The predicted octanol–water partition coefficient (Wildman–Crippen LogP) is 4.93. The Hall–Kier alpha value is -1.64. The summed E-state index contributed by atoms with van der Waals surface area (Å²) in [5.41, 5.74) is 4.25. The fourth-order valence-corrected chi connectivity index (χ4v) is 2.19. The molecule has 0 saturated heterocycles. The van der Waals surface area contributed by atoms with Crippen LogP contribution in [0.1, 0.15) is 75.6 Å². The van der Waals surface area contributed by atoms with Gasteiger partial charge in [-0.1, -0.05) is 63.6 Å². The second-order valence-corrected chi connectivity index (χ2v) is 5.53. The summed E-state index contributed by atoms with van der Waals surface area (Å²) in [5, 5.41) is 4.16. The van der Waals surface area contributed by atoms with Crippen molar-refractivity contribution < 1.29 is 4.79 Å². The molecular formula is C18H28N2O. The number of rotatable bonds is 10. The van der Waals surface area contributed by atoms with Crippen molar-refractivity contribution >= 4 is 11.6 Å². The van der Waals surface area contributed by atoms with Gasteiger partial charge in [0.25, 0.3) is 5.91 Å². The predicted molar refractivity (Wildman–Crippen MR) is 89.6 cm³/mol. The van der Waals surface area contributed by atoms with Crippen molar-refractivity contribution in [3.8, 4) is 0 Å². The number of carbonyl (C=O) groups excluding carboxylic acids is 1. The normalized spacial score (nSPS) is 11.4. The van der Waals surface area contributed by atoms with Crippen LogP contribution in [0.5, 0.6) is 0 Å². The first-order valence-corrected chi connectivity index (χ1v) is 8.12. The lowest BCUT2D eigenvalue weighted by atomic mass is 10.1. The molecule has 0 saturated carbocycles. The van der Waals surface area contributed by atoms with E-state index in [1.54, 1.807) is 12.1 Å². The minimum Gasteiger partial charge on any atom is -0.267 e. The zero-order valence-corrected chi connectivity index (χ0v) is 13.4. The molecule has 0 unspecified atom stereocenters. The summed E-state index contributed by atoms with van der Waals surface area (Å²) in [6, 6.07) is 9.17. The minimum absolute atomic E-state index is 0.144. The van der Waals surface area contributed by atoms with E-state index in [1.165, 1.54) is 38.5 Å². The van der Waals surface area contributed by atoms with E-state index < -0.39 is 0 Å². The molecule has 0 radical (unpaired) electrons. The monoisotopic (exact) mass is 288 g/mol. The molecule has 116 valence electrons. The highest BCUT2D eigenvalue weighted by molar-refractivity contribution is 5.95. The number of amides is 1. The maximum atomic E-state index is 11.8. The average molecular weight is 288 g/mol. The molecule has 0 atom stereocenters. The third-order valence-corrected chi connectivity index (χ3v) is 3.53. The van der Waals surface area contributed by atoms with Gasteiger partial charge in [-0.05, 0) is 31.9 Å². The van der Waals surface area contributed by atoms with E-state index in [4.69, 9.17) is 0 Å². The van der Waals surface area contributed by atoms with Crippen molar-refractivity contribution in [1.29, 1.82) is 0 Å². The quantitative estimate of drug-likeness (QED) is 0.370. The van der Waals surface area contributed by atoms with Crippen molar-refractivity contribution in [2.45, 2.75) is 65.2 Å². The molecule has 0 spiro atoms. The van der Waals surface area contributed by atoms with Gasteiger partial charge in [0, 0.05) is 11.3 Å². The number of hydrogen-bond donors (Lipinski definition) is 1. The van der Waals surface area contributed by atoms with Crippen LogP contribution >= 0.6 is 0 Å². The van der Waals surface area contributed by atoms with Gasteiger partial charge in [-0.3, -0.25) is 4.79 Å². The Morgan fingerprint density at radius 1 is 1.00 bits per heavy atom. The van der Waals surface area contributed by atoms with Gasteiger partial charge < -0.3 is 0 Å². The number of hydrazone groups is 1. The molecule has 3 nitrogen and oxygen atoms in total. The molecule has 0 fully saturated rings. The molecule has 0 aliphatic heterocycles. The van der Waals surface area contributed by atoms with Crippen LogP contribution in [-0.4, -0.2) is 11.6 Å². The molecule has 0 aliphatic carbocycles. The van der Waals surface area contributed by atoms with Gasteiger partial charge in [-0.2, -0.15) is 5.10 Å². The molecule has 1 amide bonds. The second-order valence-electron chi connectivity index (χ2n) is 5.53. The number of nitrogens with zero attached hydrogens (tertiary/aromatic N) is 1. The maximum Gasteiger partial charge on any atom is 0.271 e. The van der Waals surface area contributed by atoms with E-state index in [2.05, 4.69) is 17.5 Å². The topological polar surface area (TPSA) is 41.5 Å². The van der Waals surface area contributed by atoms with E-state index in [0.717, 1.165) is 18.6 Å². The molecular weight excluding hydrogens is 260 g/mol. The van der Waals surface area contributed by atoms with Crippen molar-refractivity contribution in [2.24, 2.45) is 5.10 Å². The van der Waals surface area contributed by atoms with Crippen molar-refractivity contribution in [2.75, 3.05) is 0 Å². The van der Waals surface area contributed by atoms with Gasteiger partial charge >= 0.3 is 0 Å². The summed E-state index contributed by atoms with van der Waals surface area (Å²) in [6.45, 7) is 4.21. The van der Waals surface area contributed by atoms with Gasteiger partial charge in [-0.15, -0.1) is 0 Å². The van der Waals surface area contributed by atoms with Crippen LogP contribution in [0, 0.1) is 0 Å². The molecule has 0 aliphatic rings. The van der Waals surface area contributed by atoms with Crippen molar-refractivity contribution in [3.63, 3.8) is 0 Å². The molecule has 0 bridgehead atoms. The van der Waals surface area contributed by atoms with Crippen LogP contribution in [0.25, 0.3) is 0 Å². The third kappa shape index (κ3) is 8.28. The van der Waals surface area contributed by atoms with Crippen LogP contribution < -0.4 is 5.43 Å². The number of nitrogens with one attached hydrogen (secondary N) is 1. The Bertz CT molecular complexity index is 426. The Morgan fingerprint density at radius 3 is 2.29 bits per heavy atom. The number of unbranched alkanes of at least 4 members (excludes halogenated alkanes) is 6. The van der Waals surface area contributed by atoms with Crippen LogP contribution in [0.3, 0.4) is 0 Å². The van der Waals surface area contributed by atoms with Crippen LogP contribution in [0.2, 0.25) is 0 Å². The molecule has 3 heteroatoms. The Morgan fingerprint density at radius 2 is 1.62 bits per heavy atom. The van der Waals surface area contributed by atoms with E-state index in [-0.39, 0.29) is 5.91 Å². The first-order chi connectivity index (χ1) is 10.2. The van der Waals surface area contributed by atoms with Gasteiger partial charge in [-0.25, -0.2) is 5.43 Å². The largest absolute Gasteiger partial charge is 0.271 e. The fraction of sp³-hybridized carbons (Fsp3) is 0.556.